The molecule has 2 nitrogen and oxygen atoms in total. The lowest BCUT2D eigenvalue weighted by atomic mass is 9.98. The van der Waals surface area contributed by atoms with Crippen molar-refractivity contribution >= 4 is 0 Å². The van der Waals surface area contributed by atoms with Crippen LogP contribution in [0.15, 0.2) is 91.0 Å². The average molecular weight is 433 g/mol. The van der Waals surface area contributed by atoms with Crippen LogP contribution >= 0.6 is 0 Å². The molecule has 0 spiro atoms. The zero-order valence-corrected chi connectivity index (χ0v) is 19.9. The van der Waals surface area contributed by atoms with Gasteiger partial charge in [0.1, 0.15) is 0 Å². The van der Waals surface area contributed by atoms with Crippen LogP contribution in [0.3, 0.4) is 0 Å². The summed E-state index contributed by atoms with van der Waals surface area (Å²) in [5.74, 6) is 0. The molecule has 0 fully saturated rings. The van der Waals surface area contributed by atoms with Crippen LogP contribution < -0.4 is 0 Å². The summed E-state index contributed by atoms with van der Waals surface area (Å²) >= 11 is 0. The highest BCUT2D eigenvalue weighted by Gasteiger charge is 2.21. The van der Waals surface area contributed by atoms with Crippen LogP contribution in [-0.2, 0) is 26.1 Å². The van der Waals surface area contributed by atoms with E-state index in [2.05, 4.69) is 122 Å². The van der Waals surface area contributed by atoms with Gasteiger partial charge >= 0.3 is 0 Å². The molecular formula is C31H32N2. The van der Waals surface area contributed by atoms with Gasteiger partial charge in [-0.15, -0.1) is 0 Å². The normalized spacial score (nSPS) is 12.3. The third kappa shape index (κ3) is 4.78. The monoisotopic (exact) mass is 432 g/mol. The van der Waals surface area contributed by atoms with Crippen molar-refractivity contribution in [3.8, 4) is 22.3 Å². The molecule has 0 aliphatic heterocycles. The first-order chi connectivity index (χ1) is 16.1. The van der Waals surface area contributed by atoms with E-state index >= 15 is 0 Å². The van der Waals surface area contributed by atoms with Crippen molar-refractivity contribution in [1.29, 1.82) is 0 Å². The summed E-state index contributed by atoms with van der Waals surface area (Å²) in [7, 11) is 6.50. The average Bonchev–Trinajstić information content (AvgIpc) is 3.18. The highest BCUT2D eigenvalue weighted by molar-refractivity contribution is 5.79. The van der Waals surface area contributed by atoms with E-state index in [1.165, 1.54) is 50.1 Å². The number of fused-ring (bicyclic) bond motifs is 3. The molecule has 0 bridgehead atoms. The first kappa shape index (κ1) is 21.6. The Morgan fingerprint density at radius 2 is 1.30 bits per heavy atom. The SMILES string of the molecule is CN(C)Cc1cccc2c1-c1ccc(CN(C)Cc3ccc(-c4ccccc4)cc3)cc1C2. The van der Waals surface area contributed by atoms with E-state index in [4.69, 9.17) is 0 Å². The standard InChI is InChI=1S/C31H32N2/c1-32(2)22-28-11-7-10-27-19-29-18-24(14-17-30(29)31(27)28)21-33(3)20-23-12-15-26(16-13-23)25-8-5-4-6-9-25/h4-18H,19-22H2,1-3H3. The second-order valence-electron chi connectivity index (χ2n) is 9.59. The van der Waals surface area contributed by atoms with Gasteiger partial charge in [0.15, 0.2) is 0 Å². The van der Waals surface area contributed by atoms with Crippen LogP contribution in [0.2, 0.25) is 0 Å². The van der Waals surface area contributed by atoms with E-state index in [9.17, 15) is 0 Å². The van der Waals surface area contributed by atoms with Crippen molar-refractivity contribution in [3.05, 3.63) is 119 Å². The molecule has 0 N–H and O–H groups in total. The first-order valence-electron chi connectivity index (χ1n) is 11.8. The second-order valence-corrected chi connectivity index (χ2v) is 9.59. The highest BCUT2D eigenvalue weighted by Crippen LogP contribution is 2.39. The number of nitrogens with zero attached hydrogens (tertiary/aromatic N) is 2. The summed E-state index contributed by atoms with van der Waals surface area (Å²) in [4.78, 5) is 4.65. The van der Waals surface area contributed by atoms with Crippen molar-refractivity contribution < 1.29 is 0 Å². The van der Waals surface area contributed by atoms with E-state index in [0.29, 0.717) is 0 Å². The molecule has 0 atom stereocenters. The Morgan fingerprint density at radius 3 is 2.06 bits per heavy atom. The van der Waals surface area contributed by atoms with Crippen molar-refractivity contribution in [2.45, 2.75) is 26.1 Å². The maximum atomic E-state index is 2.42. The molecule has 0 saturated carbocycles. The van der Waals surface area contributed by atoms with Gasteiger partial charge in [0.2, 0.25) is 0 Å². The molecule has 0 amide bonds. The molecular weight excluding hydrogens is 400 g/mol. The van der Waals surface area contributed by atoms with Crippen LogP contribution in [0.4, 0.5) is 0 Å². The summed E-state index contributed by atoms with van der Waals surface area (Å²) in [6.45, 7) is 2.88. The van der Waals surface area contributed by atoms with Gasteiger partial charge in [0.05, 0.1) is 0 Å². The van der Waals surface area contributed by atoms with Gasteiger partial charge < -0.3 is 4.90 Å². The van der Waals surface area contributed by atoms with E-state index in [1.807, 2.05) is 0 Å². The maximum Gasteiger partial charge on any atom is 0.0234 e. The van der Waals surface area contributed by atoms with Crippen LogP contribution in [-0.4, -0.2) is 30.9 Å². The Balaban J connectivity index is 1.27. The summed E-state index contributed by atoms with van der Waals surface area (Å²) in [6.07, 6.45) is 1.05. The molecule has 1 aliphatic rings. The topological polar surface area (TPSA) is 6.48 Å². The predicted molar refractivity (Wildman–Crippen MR) is 139 cm³/mol. The molecule has 0 aromatic heterocycles. The van der Waals surface area contributed by atoms with E-state index in [1.54, 1.807) is 0 Å². The van der Waals surface area contributed by atoms with Gasteiger partial charge in [-0.2, -0.15) is 0 Å². The zero-order chi connectivity index (χ0) is 22.8. The molecule has 2 heteroatoms. The van der Waals surface area contributed by atoms with Crippen molar-refractivity contribution in [2.24, 2.45) is 0 Å². The van der Waals surface area contributed by atoms with Crippen molar-refractivity contribution in [1.82, 2.24) is 9.80 Å². The largest absolute Gasteiger partial charge is 0.305 e. The highest BCUT2D eigenvalue weighted by atomic mass is 15.1. The maximum absolute atomic E-state index is 2.42. The number of hydrogen-bond donors (Lipinski definition) is 0. The fraction of sp³-hybridized carbons (Fsp3) is 0.226. The quantitative estimate of drug-likeness (QED) is 0.285. The number of hydrogen-bond acceptors (Lipinski definition) is 2. The molecule has 0 heterocycles. The lowest BCUT2D eigenvalue weighted by Crippen LogP contribution is -2.17. The summed E-state index contributed by atoms with van der Waals surface area (Å²) in [5.41, 5.74) is 12.5. The van der Waals surface area contributed by atoms with Gasteiger partial charge in [-0.05, 0) is 77.6 Å². The summed E-state index contributed by atoms with van der Waals surface area (Å²) in [6, 6.07) is 33.4. The van der Waals surface area contributed by atoms with Crippen LogP contribution in [0, 0.1) is 0 Å². The molecule has 4 aromatic carbocycles. The number of rotatable bonds is 7. The molecule has 1 aliphatic carbocycles. The molecule has 166 valence electrons. The fourth-order valence-corrected chi connectivity index (χ4v) is 5.07. The minimum Gasteiger partial charge on any atom is -0.305 e. The van der Waals surface area contributed by atoms with Crippen LogP contribution in [0.25, 0.3) is 22.3 Å². The molecule has 0 unspecified atom stereocenters. The van der Waals surface area contributed by atoms with Crippen LogP contribution in [0.1, 0.15) is 27.8 Å². The summed E-state index contributed by atoms with van der Waals surface area (Å²) < 4.78 is 0. The minimum absolute atomic E-state index is 0.944. The van der Waals surface area contributed by atoms with E-state index < -0.39 is 0 Å². The first-order valence-corrected chi connectivity index (χ1v) is 11.8. The van der Waals surface area contributed by atoms with E-state index in [0.717, 1.165) is 26.1 Å². The third-order valence-electron chi connectivity index (χ3n) is 6.51. The number of benzene rings is 4. The van der Waals surface area contributed by atoms with Gasteiger partial charge in [-0.1, -0.05) is 91.0 Å². The Hall–Kier alpha value is -3.20. The molecule has 0 radical (unpaired) electrons. The Bertz CT molecular complexity index is 1240. The van der Waals surface area contributed by atoms with Gasteiger partial charge in [0.25, 0.3) is 0 Å². The third-order valence-corrected chi connectivity index (χ3v) is 6.51. The molecule has 5 rings (SSSR count). The van der Waals surface area contributed by atoms with Crippen molar-refractivity contribution in [2.75, 3.05) is 21.1 Å². The smallest absolute Gasteiger partial charge is 0.0234 e. The summed E-state index contributed by atoms with van der Waals surface area (Å²) in [5, 5.41) is 0. The van der Waals surface area contributed by atoms with E-state index in [-0.39, 0.29) is 0 Å². The lowest BCUT2D eigenvalue weighted by molar-refractivity contribution is 0.319. The Labute approximate surface area is 198 Å². The van der Waals surface area contributed by atoms with Crippen LogP contribution in [0.5, 0.6) is 0 Å². The Kier molecular flexibility index (Phi) is 6.13. The molecule has 0 saturated heterocycles. The van der Waals surface area contributed by atoms with Gasteiger partial charge in [0, 0.05) is 19.6 Å². The lowest BCUT2D eigenvalue weighted by Gasteiger charge is -2.18. The second kappa shape index (κ2) is 9.35. The predicted octanol–water partition coefficient (Wildman–Crippen LogP) is 6.62. The molecule has 33 heavy (non-hydrogen) atoms. The van der Waals surface area contributed by atoms with Gasteiger partial charge in [-0.25, -0.2) is 0 Å². The Morgan fingerprint density at radius 1 is 0.606 bits per heavy atom. The van der Waals surface area contributed by atoms with Gasteiger partial charge in [-0.3, -0.25) is 4.90 Å². The van der Waals surface area contributed by atoms with Crippen molar-refractivity contribution in [3.63, 3.8) is 0 Å². The minimum atomic E-state index is 0.944. The fourth-order valence-electron chi connectivity index (χ4n) is 5.07. The zero-order valence-electron chi connectivity index (χ0n) is 19.9. The molecule has 4 aromatic rings.